The standard InChI is InChI=1S/C11H12BrN5O/c1-7(2)14-11(18)9-5-8(12)3-4-10(9)17-6-13-15-16-17/h3-7H,1-2H3,(H,14,18). The van der Waals surface area contributed by atoms with E-state index in [1.165, 1.54) is 11.0 Å². The average molecular weight is 310 g/mol. The van der Waals surface area contributed by atoms with Gasteiger partial charge in [0, 0.05) is 10.5 Å². The molecule has 0 fully saturated rings. The summed E-state index contributed by atoms with van der Waals surface area (Å²) >= 11 is 3.35. The largest absolute Gasteiger partial charge is 0.350 e. The number of halogens is 1. The van der Waals surface area contributed by atoms with Crippen LogP contribution < -0.4 is 5.32 Å². The molecule has 18 heavy (non-hydrogen) atoms. The van der Waals surface area contributed by atoms with Crippen molar-refractivity contribution < 1.29 is 4.79 Å². The summed E-state index contributed by atoms with van der Waals surface area (Å²) in [4.78, 5) is 12.1. The number of carbonyl (C=O) groups excluding carboxylic acids is 1. The Labute approximate surface area is 113 Å². The number of hydrogen-bond donors (Lipinski definition) is 1. The number of amides is 1. The van der Waals surface area contributed by atoms with Gasteiger partial charge in [-0.1, -0.05) is 15.9 Å². The third-order valence-corrected chi connectivity index (χ3v) is 2.71. The predicted molar refractivity (Wildman–Crippen MR) is 69.5 cm³/mol. The summed E-state index contributed by atoms with van der Waals surface area (Å²) in [5.74, 6) is -0.156. The fraction of sp³-hybridized carbons (Fsp3) is 0.273. The highest BCUT2D eigenvalue weighted by molar-refractivity contribution is 9.10. The smallest absolute Gasteiger partial charge is 0.253 e. The summed E-state index contributed by atoms with van der Waals surface area (Å²) in [5, 5.41) is 13.8. The SMILES string of the molecule is CC(C)NC(=O)c1cc(Br)ccc1-n1cnnn1. The molecule has 7 heteroatoms. The Bertz CT molecular complexity index is 553. The first-order valence-corrected chi connectivity index (χ1v) is 6.21. The molecule has 0 bridgehead atoms. The minimum absolute atomic E-state index is 0.0678. The molecule has 94 valence electrons. The second-order valence-electron chi connectivity index (χ2n) is 4.04. The first-order valence-electron chi connectivity index (χ1n) is 5.41. The summed E-state index contributed by atoms with van der Waals surface area (Å²) < 4.78 is 2.29. The summed E-state index contributed by atoms with van der Waals surface area (Å²) in [6, 6.07) is 5.44. The van der Waals surface area contributed by atoms with E-state index >= 15 is 0 Å². The van der Waals surface area contributed by atoms with E-state index in [0.29, 0.717) is 11.3 Å². The molecule has 0 aliphatic heterocycles. The highest BCUT2D eigenvalue weighted by atomic mass is 79.9. The van der Waals surface area contributed by atoms with Crippen LogP contribution in [0.3, 0.4) is 0 Å². The van der Waals surface area contributed by atoms with E-state index < -0.39 is 0 Å². The first-order chi connectivity index (χ1) is 8.58. The monoisotopic (exact) mass is 309 g/mol. The van der Waals surface area contributed by atoms with E-state index in [1.807, 2.05) is 19.9 Å². The maximum absolute atomic E-state index is 12.1. The summed E-state index contributed by atoms with van der Waals surface area (Å²) in [6.07, 6.45) is 1.45. The van der Waals surface area contributed by atoms with Gasteiger partial charge in [0.25, 0.3) is 5.91 Å². The third kappa shape index (κ3) is 2.73. The molecule has 0 spiro atoms. The molecule has 0 aliphatic carbocycles. The van der Waals surface area contributed by atoms with Crippen molar-refractivity contribution in [1.29, 1.82) is 0 Å². The van der Waals surface area contributed by atoms with Crippen LogP contribution in [0, 0.1) is 0 Å². The molecule has 1 N–H and O–H groups in total. The quantitative estimate of drug-likeness (QED) is 0.934. The maximum Gasteiger partial charge on any atom is 0.253 e. The normalized spacial score (nSPS) is 10.7. The molecule has 2 rings (SSSR count). The van der Waals surface area contributed by atoms with Gasteiger partial charge in [0.1, 0.15) is 6.33 Å². The Morgan fingerprint density at radius 2 is 2.22 bits per heavy atom. The number of nitrogens with one attached hydrogen (secondary N) is 1. The molecule has 2 aromatic rings. The predicted octanol–water partition coefficient (Wildman–Crippen LogP) is 1.56. The zero-order chi connectivity index (χ0) is 13.1. The van der Waals surface area contributed by atoms with E-state index in [1.54, 1.807) is 12.1 Å². The van der Waals surface area contributed by atoms with E-state index in [-0.39, 0.29) is 11.9 Å². The number of rotatable bonds is 3. The number of tetrazole rings is 1. The Morgan fingerprint density at radius 3 is 2.83 bits per heavy atom. The van der Waals surface area contributed by atoms with Gasteiger partial charge in [0.15, 0.2) is 0 Å². The minimum atomic E-state index is -0.156. The lowest BCUT2D eigenvalue weighted by molar-refractivity contribution is 0.0943. The van der Waals surface area contributed by atoms with E-state index in [9.17, 15) is 4.79 Å². The van der Waals surface area contributed by atoms with Crippen molar-refractivity contribution in [2.45, 2.75) is 19.9 Å². The molecule has 6 nitrogen and oxygen atoms in total. The van der Waals surface area contributed by atoms with Gasteiger partial charge in [-0.15, -0.1) is 5.10 Å². The van der Waals surface area contributed by atoms with E-state index in [0.717, 1.165) is 4.47 Å². The molecular weight excluding hydrogens is 298 g/mol. The summed E-state index contributed by atoms with van der Waals surface area (Å²) in [6.45, 7) is 3.82. The van der Waals surface area contributed by atoms with Crippen LogP contribution in [0.2, 0.25) is 0 Å². The Balaban J connectivity index is 2.44. The van der Waals surface area contributed by atoms with Crippen molar-refractivity contribution in [1.82, 2.24) is 25.5 Å². The number of benzene rings is 1. The molecule has 0 radical (unpaired) electrons. The highest BCUT2D eigenvalue weighted by Crippen LogP contribution is 2.19. The average Bonchev–Trinajstić information content (AvgIpc) is 2.81. The lowest BCUT2D eigenvalue weighted by Crippen LogP contribution is -2.31. The molecule has 1 aromatic carbocycles. The minimum Gasteiger partial charge on any atom is -0.350 e. The number of nitrogens with zero attached hydrogens (tertiary/aromatic N) is 4. The topological polar surface area (TPSA) is 72.7 Å². The maximum atomic E-state index is 12.1. The zero-order valence-electron chi connectivity index (χ0n) is 9.96. The third-order valence-electron chi connectivity index (χ3n) is 2.22. The molecule has 1 amide bonds. The molecule has 0 unspecified atom stereocenters. The van der Waals surface area contributed by atoms with Crippen molar-refractivity contribution in [2.24, 2.45) is 0 Å². The van der Waals surface area contributed by atoms with Crippen molar-refractivity contribution in [3.05, 3.63) is 34.6 Å². The Kier molecular flexibility index (Phi) is 3.71. The Morgan fingerprint density at radius 1 is 1.44 bits per heavy atom. The molecule has 0 aliphatic rings. The van der Waals surface area contributed by atoms with Crippen LogP contribution in [0.1, 0.15) is 24.2 Å². The van der Waals surface area contributed by atoms with Crippen LogP contribution in [-0.2, 0) is 0 Å². The fourth-order valence-electron chi connectivity index (χ4n) is 1.50. The number of aromatic nitrogens is 4. The van der Waals surface area contributed by atoms with E-state index in [2.05, 4.69) is 36.8 Å². The van der Waals surface area contributed by atoms with E-state index in [4.69, 9.17) is 0 Å². The summed E-state index contributed by atoms with van der Waals surface area (Å²) in [5.41, 5.74) is 1.16. The molecular formula is C11H12BrN5O. The fourth-order valence-corrected chi connectivity index (χ4v) is 1.86. The first kappa shape index (κ1) is 12.7. The van der Waals surface area contributed by atoms with Crippen molar-refractivity contribution in [3.8, 4) is 5.69 Å². The van der Waals surface area contributed by atoms with Crippen LogP contribution in [0.25, 0.3) is 5.69 Å². The molecule has 1 heterocycles. The van der Waals surface area contributed by atoms with Gasteiger partial charge in [-0.2, -0.15) is 4.68 Å². The second kappa shape index (κ2) is 5.26. The van der Waals surface area contributed by atoms with Crippen LogP contribution in [0.5, 0.6) is 0 Å². The molecule has 1 aromatic heterocycles. The lowest BCUT2D eigenvalue weighted by Gasteiger charge is -2.12. The van der Waals surface area contributed by atoms with Gasteiger partial charge >= 0.3 is 0 Å². The van der Waals surface area contributed by atoms with Crippen LogP contribution in [-0.4, -0.2) is 32.2 Å². The highest BCUT2D eigenvalue weighted by Gasteiger charge is 2.14. The molecule has 0 saturated heterocycles. The second-order valence-corrected chi connectivity index (χ2v) is 4.96. The van der Waals surface area contributed by atoms with Gasteiger partial charge < -0.3 is 5.32 Å². The van der Waals surface area contributed by atoms with Gasteiger partial charge in [0.2, 0.25) is 0 Å². The van der Waals surface area contributed by atoms with Crippen LogP contribution >= 0.6 is 15.9 Å². The van der Waals surface area contributed by atoms with Gasteiger partial charge in [-0.3, -0.25) is 4.79 Å². The zero-order valence-corrected chi connectivity index (χ0v) is 11.5. The van der Waals surface area contributed by atoms with Crippen molar-refractivity contribution in [2.75, 3.05) is 0 Å². The number of hydrogen-bond acceptors (Lipinski definition) is 4. The van der Waals surface area contributed by atoms with Gasteiger partial charge in [-0.25, -0.2) is 0 Å². The Hall–Kier alpha value is -1.76. The lowest BCUT2D eigenvalue weighted by atomic mass is 10.1. The van der Waals surface area contributed by atoms with Crippen LogP contribution in [0.15, 0.2) is 29.0 Å². The molecule has 0 atom stereocenters. The van der Waals surface area contributed by atoms with Crippen molar-refractivity contribution >= 4 is 21.8 Å². The molecule has 0 saturated carbocycles. The van der Waals surface area contributed by atoms with Gasteiger partial charge in [0.05, 0.1) is 11.3 Å². The van der Waals surface area contributed by atoms with Crippen molar-refractivity contribution in [3.63, 3.8) is 0 Å². The number of carbonyl (C=O) groups is 1. The van der Waals surface area contributed by atoms with Gasteiger partial charge in [-0.05, 0) is 42.5 Å². The summed E-state index contributed by atoms with van der Waals surface area (Å²) in [7, 11) is 0. The van der Waals surface area contributed by atoms with Crippen LogP contribution in [0.4, 0.5) is 0 Å².